The summed E-state index contributed by atoms with van der Waals surface area (Å²) in [7, 11) is 0. The van der Waals surface area contributed by atoms with Crippen molar-refractivity contribution in [1.82, 2.24) is 4.90 Å². The van der Waals surface area contributed by atoms with Crippen LogP contribution in [0.3, 0.4) is 0 Å². The summed E-state index contributed by atoms with van der Waals surface area (Å²) >= 11 is 0. The van der Waals surface area contributed by atoms with E-state index >= 15 is 0 Å². The van der Waals surface area contributed by atoms with E-state index in [9.17, 15) is 4.79 Å². The van der Waals surface area contributed by atoms with Gasteiger partial charge < -0.3 is 9.47 Å². The first kappa shape index (κ1) is 21.9. The smallest absolute Gasteiger partial charge is 0.305 e. The first-order valence-electron chi connectivity index (χ1n) is 11.5. The summed E-state index contributed by atoms with van der Waals surface area (Å²) in [5.74, 6) is 1.83. The minimum absolute atomic E-state index is 0.0820. The first-order chi connectivity index (χ1) is 14.2. The predicted octanol–water partition coefficient (Wildman–Crippen LogP) is 5.47. The Balaban J connectivity index is 1.42. The molecule has 1 aliphatic heterocycles. The van der Waals surface area contributed by atoms with E-state index in [1.54, 1.807) is 0 Å². The second-order valence-corrected chi connectivity index (χ2v) is 8.38. The van der Waals surface area contributed by atoms with Crippen LogP contribution >= 0.6 is 0 Å². The van der Waals surface area contributed by atoms with Crippen molar-refractivity contribution in [1.29, 1.82) is 0 Å². The second kappa shape index (κ2) is 11.4. The van der Waals surface area contributed by atoms with Gasteiger partial charge in [0.1, 0.15) is 5.75 Å². The highest BCUT2D eigenvalue weighted by molar-refractivity contribution is 5.69. The lowest BCUT2D eigenvalue weighted by Gasteiger charge is -2.28. The maximum atomic E-state index is 11.4. The summed E-state index contributed by atoms with van der Waals surface area (Å²) in [6.07, 6.45) is 11.5. The van der Waals surface area contributed by atoms with E-state index in [1.807, 2.05) is 6.92 Å². The molecule has 0 radical (unpaired) electrons. The van der Waals surface area contributed by atoms with Crippen LogP contribution in [-0.4, -0.2) is 43.2 Å². The molecule has 4 nitrogen and oxygen atoms in total. The molecule has 2 aliphatic rings. The summed E-state index contributed by atoms with van der Waals surface area (Å²) in [6.45, 7) is 7.58. The van der Waals surface area contributed by atoms with Crippen molar-refractivity contribution in [3.8, 4) is 5.75 Å². The van der Waals surface area contributed by atoms with E-state index in [0.717, 1.165) is 44.1 Å². The number of nitrogens with zero attached hydrogens (tertiary/aromatic N) is 1. The number of hydrogen-bond donors (Lipinski definition) is 0. The van der Waals surface area contributed by atoms with Crippen LogP contribution in [0.1, 0.15) is 70.8 Å². The van der Waals surface area contributed by atoms with Crippen LogP contribution in [0.15, 0.2) is 30.3 Å². The van der Waals surface area contributed by atoms with Crippen molar-refractivity contribution < 1.29 is 14.3 Å². The number of hydrogen-bond acceptors (Lipinski definition) is 4. The molecule has 0 N–H and O–H groups in total. The molecule has 0 unspecified atom stereocenters. The van der Waals surface area contributed by atoms with Crippen molar-refractivity contribution in [2.75, 3.05) is 26.2 Å². The average molecular weight is 400 g/mol. The molecule has 1 aromatic carbocycles. The molecular formula is C25H37NO3. The van der Waals surface area contributed by atoms with E-state index in [0.29, 0.717) is 19.1 Å². The second-order valence-electron chi connectivity index (χ2n) is 8.38. The van der Waals surface area contributed by atoms with Crippen LogP contribution < -0.4 is 4.74 Å². The fourth-order valence-corrected chi connectivity index (χ4v) is 4.45. The van der Waals surface area contributed by atoms with E-state index in [2.05, 4.69) is 42.2 Å². The van der Waals surface area contributed by atoms with Crippen molar-refractivity contribution in [2.24, 2.45) is 5.92 Å². The number of carbonyl (C=O) groups is 1. The van der Waals surface area contributed by atoms with E-state index < -0.39 is 0 Å². The van der Waals surface area contributed by atoms with Crippen molar-refractivity contribution in [2.45, 2.75) is 71.3 Å². The molecule has 1 aromatic rings. The number of benzene rings is 1. The fraction of sp³-hybridized carbons (Fsp3) is 0.640. The molecule has 0 amide bonds. The minimum Gasteiger partial charge on any atom is -0.490 e. The largest absolute Gasteiger partial charge is 0.490 e. The van der Waals surface area contributed by atoms with Gasteiger partial charge in [0.15, 0.2) is 0 Å². The fourth-order valence-electron chi connectivity index (χ4n) is 4.45. The molecule has 0 atom stereocenters. The monoisotopic (exact) mass is 399 g/mol. The lowest BCUT2D eigenvalue weighted by atomic mass is 9.86. The van der Waals surface area contributed by atoms with Gasteiger partial charge in [-0.1, -0.05) is 31.6 Å². The maximum Gasteiger partial charge on any atom is 0.305 e. The van der Waals surface area contributed by atoms with Crippen LogP contribution in [0.5, 0.6) is 5.75 Å². The molecule has 1 fully saturated rings. The van der Waals surface area contributed by atoms with Crippen molar-refractivity contribution in [3.63, 3.8) is 0 Å². The number of esters is 1. The van der Waals surface area contributed by atoms with Crippen molar-refractivity contribution >= 4 is 11.5 Å². The molecule has 4 heteroatoms. The quantitative estimate of drug-likeness (QED) is 0.516. The van der Waals surface area contributed by atoms with Gasteiger partial charge in [-0.2, -0.15) is 0 Å². The predicted molar refractivity (Wildman–Crippen MR) is 118 cm³/mol. The van der Waals surface area contributed by atoms with Gasteiger partial charge in [-0.05, 0) is 81.2 Å². The Labute approximate surface area is 176 Å². The maximum absolute atomic E-state index is 11.4. The molecule has 1 aliphatic carbocycles. The SMILES string of the molecule is CCOC(=O)CCCN1CC=C(c2ccc(O[C@H]3CC[C@H](CC)CC3)cc2)CC1. The van der Waals surface area contributed by atoms with E-state index in [1.165, 1.54) is 43.2 Å². The number of rotatable bonds is 9. The molecule has 0 bridgehead atoms. The summed E-state index contributed by atoms with van der Waals surface area (Å²) in [4.78, 5) is 13.8. The van der Waals surface area contributed by atoms with Gasteiger partial charge >= 0.3 is 5.97 Å². The van der Waals surface area contributed by atoms with Crippen LogP contribution in [0.4, 0.5) is 0 Å². The van der Waals surface area contributed by atoms with Gasteiger partial charge in [0.05, 0.1) is 12.7 Å². The van der Waals surface area contributed by atoms with Crippen LogP contribution in [0, 0.1) is 5.92 Å². The third-order valence-corrected chi connectivity index (χ3v) is 6.35. The zero-order valence-corrected chi connectivity index (χ0v) is 18.2. The molecular weight excluding hydrogens is 362 g/mol. The van der Waals surface area contributed by atoms with E-state index in [4.69, 9.17) is 9.47 Å². The molecule has 0 saturated heterocycles. The van der Waals surface area contributed by atoms with Gasteiger partial charge in [0.25, 0.3) is 0 Å². The number of carbonyl (C=O) groups excluding carboxylic acids is 1. The molecule has 160 valence electrons. The van der Waals surface area contributed by atoms with Crippen molar-refractivity contribution in [3.05, 3.63) is 35.9 Å². The van der Waals surface area contributed by atoms with Gasteiger partial charge in [-0.3, -0.25) is 9.69 Å². The summed E-state index contributed by atoms with van der Waals surface area (Å²) in [5.41, 5.74) is 2.72. The molecule has 0 aromatic heterocycles. The lowest BCUT2D eigenvalue weighted by molar-refractivity contribution is -0.143. The standard InChI is InChI=1S/C25H37NO3/c1-3-20-7-11-23(12-8-20)29-24-13-9-21(10-14-24)22-15-18-26(19-16-22)17-5-6-25(27)28-4-2/h9-10,13-15,20,23H,3-8,11-12,16-19H2,1-2H3/t20-,23-. The topological polar surface area (TPSA) is 38.8 Å². The molecule has 1 heterocycles. The zero-order chi connectivity index (χ0) is 20.5. The third kappa shape index (κ3) is 6.88. The highest BCUT2D eigenvalue weighted by Gasteiger charge is 2.21. The van der Waals surface area contributed by atoms with Gasteiger partial charge in [-0.15, -0.1) is 0 Å². The zero-order valence-electron chi connectivity index (χ0n) is 18.2. The van der Waals surface area contributed by atoms with E-state index in [-0.39, 0.29) is 5.97 Å². The molecule has 0 spiro atoms. The molecule has 29 heavy (non-hydrogen) atoms. The normalized spacial score (nSPS) is 22.8. The summed E-state index contributed by atoms with van der Waals surface area (Å²) in [6, 6.07) is 8.67. The Bertz CT molecular complexity index is 659. The summed E-state index contributed by atoms with van der Waals surface area (Å²) in [5, 5.41) is 0. The summed E-state index contributed by atoms with van der Waals surface area (Å²) < 4.78 is 11.2. The lowest BCUT2D eigenvalue weighted by Crippen LogP contribution is -2.29. The Kier molecular flexibility index (Phi) is 8.60. The Morgan fingerprint density at radius 2 is 1.86 bits per heavy atom. The molecule has 3 rings (SSSR count). The van der Waals surface area contributed by atoms with Crippen LogP contribution in [-0.2, 0) is 9.53 Å². The van der Waals surface area contributed by atoms with Gasteiger partial charge in [0, 0.05) is 19.5 Å². The Morgan fingerprint density at radius 3 is 2.48 bits per heavy atom. The highest BCUT2D eigenvalue weighted by atomic mass is 16.5. The Morgan fingerprint density at radius 1 is 1.10 bits per heavy atom. The van der Waals surface area contributed by atoms with Gasteiger partial charge in [-0.25, -0.2) is 0 Å². The minimum atomic E-state index is -0.0820. The van der Waals surface area contributed by atoms with Gasteiger partial charge in [0.2, 0.25) is 0 Å². The van der Waals surface area contributed by atoms with Crippen LogP contribution in [0.2, 0.25) is 0 Å². The highest BCUT2D eigenvalue weighted by Crippen LogP contribution is 2.30. The first-order valence-corrected chi connectivity index (χ1v) is 11.5. The van der Waals surface area contributed by atoms with Crippen LogP contribution in [0.25, 0.3) is 5.57 Å². The average Bonchev–Trinajstić information content (AvgIpc) is 2.76. The third-order valence-electron chi connectivity index (χ3n) is 6.35. The Hall–Kier alpha value is -1.81. The molecule has 1 saturated carbocycles. The number of ether oxygens (including phenoxy) is 2.